The van der Waals surface area contributed by atoms with Crippen molar-refractivity contribution in [1.82, 2.24) is 0 Å². The van der Waals surface area contributed by atoms with Gasteiger partial charge >= 0.3 is 0 Å². The molecule has 20 heavy (non-hydrogen) atoms. The number of ether oxygens (including phenoxy) is 1. The summed E-state index contributed by atoms with van der Waals surface area (Å²) < 4.78 is 5.64. The van der Waals surface area contributed by atoms with Crippen molar-refractivity contribution in [1.29, 1.82) is 0 Å². The predicted molar refractivity (Wildman–Crippen MR) is 77.3 cm³/mol. The second kappa shape index (κ2) is 6.40. The third kappa shape index (κ3) is 3.28. The molecule has 0 unspecified atom stereocenters. The van der Waals surface area contributed by atoms with Crippen molar-refractivity contribution in [2.75, 3.05) is 6.26 Å². The zero-order valence-electron chi connectivity index (χ0n) is 10.8. The maximum atomic E-state index is 10.7. The summed E-state index contributed by atoms with van der Waals surface area (Å²) in [6, 6.07) is 11.6. The van der Waals surface area contributed by atoms with E-state index in [4.69, 9.17) is 4.74 Å². The first-order chi connectivity index (χ1) is 9.63. The van der Waals surface area contributed by atoms with Crippen molar-refractivity contribution in [3.63, 3.8) is 0 Å². The van der Waals surface area contributed by atoms with Crippen LogP contribution in [0.3, 0.4) is 0 Å². The van der Waals surface area contributed by atoms with Crippen molar-refractivity contribution in [2.45, 2.75) is 11.5 Å². The molecule has 2 rings (SSSR count). The molecule has 104 valence electrons. The van der Waals surface area contributed by atoms with Crippen LogP contribution in [0.2, 0.25) is 0 Å². The SMILES string of the molecule is CSc1ccc(Oc2ccc([N+](=O)[O-])cc2CO)cc1. The summed E-state index contributed by atoms with van der Waals surface area (Å²) in [5.74, 6) is 1.03. The highest BCUT2D eigenvalue weighted by atomic mass is 32.2. The Kier molecular flexibility index (Phi) is 4.60. The van der Waals surface area contributed by atoms with E-state index in [-0.39, 0.29) is 12.3 Å². The van der Waals surface area contributed by atoms with Gasteiger partial charge in [-0.15, -0.1) is 11.8 Å². The van der Waals surface area contributed by atoms with Crippen molar-refractivity contribution in [3.05, 3.63) is 58.1 Å². The van der Waals surface area contributed by atoms with E-state index < -0.39 is 4.92 Å². The van der Waals surface area contributed by atoms with Gasteiger partial charge in [-0.25, -0.2) is 0 Å². The van der Waals surface area contributed by atoms with E-state index in [2.05, 4.69) is 0 Å². The fourth-order valence-corrected chi connectivity index (χ4v) is 2.08. The highest BCUT2D eigenvalue weighted by Gasteiger charge is 2.11. The number of hydrogen-bond donors (Lipinski definition) is 1. The number of rotatable bonds is 5. The Morgan fingerprint density at radius 2 is 1.95 bits per heavy atom. The molecule has 2 aromatic rings. The number of nitro groups is 1. The average Bonchev–Trinajstić information content (AvgIpc) is 2.48. The number of aliphatic hydroxyl groups excluding tert-OH is 1. The van der Waals surface area contributed by atoms with Gasteiger partial charge in [0.25, 0.3) is 5.69 Å². The van der Waals surface area contributed by atoms with Gasteiger partial charge < -0.3 is 9.84 Å². The fraction of sp³-hybridized carbons (Fsp3) is 0.143. The molecule has 0 radical (unpaired) electrons. The van der Waals surface area contributed by atoms with E-state index in [1.807, 2.05) is 30.5 Å². The average molecular weight is 291 g/mol. The molecule has 2 aromatic carbocycles. The molecule has 5 nitrogen and oxygen atoms in total. The number of hydrogen-bond acceptors (Lipinski definition) is 5. The van der Waals surface area contributed by atoms with Crippen molar-refractivity contribution >= 4 is 17.4 Å². The fourth-order valence-electron chi connectivity index (χ4n) is 1.67. The van der Waals surface area contributed by atoms with E-state index in [9.17, 15) is 15.2 Å². The zero-order valence-corrected chi connectivity index (χ0v) is 11.6. The smallest absolute Gasteiger partial charge is 0.270 e. The lowest BCUT2D eigenvalue weighted by Gasteiger charge is -2.10. The van der Waals surface area contributed by atoms with Crippen LogP contribution in [-0.4, -0.2) is 16.3 Å². The van der Waals surface area contributed by atoms with Gasteiger partial charge in [-0.05, 0) is 36.6 Å². The van der Waals surface area contributed by atoms with Gasteiger partial charge in [0, 0.05) is 22.6 Å². The van der Waals surface area contributed by atoms with E-state index >= 15 is 0 Å². The van der Waals surface area contributed by atoms with E-state index in [0.29, 0.717) is 17.1 Å². The summed E-state index contributed by atoms with van der Waals surface area (Å²) in [5, 5.41) is 20.0. The number of benzene rings is 2. The third-order valence-corrected chi connectivity index (χ3v) is 3.46. The molecule has 0 aliphatic rings. The van der Waals surface area contributed by atoms with Crippen LogP contribution in [0.25, 0.3) is 0 Å². The van der Waals surface area contributed by atoms with Gasteiger partial charge in [0.2, 0.25) is 0 Å². The minimum Gasteiger partial charge on any atom is -0.457 e. The van der Waals surface area contributed by atoms with Crippen molar-refractivity contribution in [2.24, 2.45) is 0 Å². The minimum absolute atomic E-state index is 0.0702. The maximum absolute atomic E-state index is 10.7. The highest BCUT2D eigenvalue weighted by Crippen LogP contribution is 2.29. The minimum atomic E-state index is -0.504. The van der Waals surface area contributed by atoms with Gasteiger partial charge in [0.15, 0.2) is 0 Å². The van der Waals surface area contributed by atoms with Crippen molar-refractivity contribution in [3.8, 4) is 11.5 Å². The van der Waals surface area contributed by atoms with Crippen LogP contribution >= 0.6 is 11.8 Å². The first-order valence-corrected chi connectivity index (χ1v) is 7.06. The van der Waals surface area contributed by atoms with Crippen LogP contribution in [0.4, 0.5) is 5.69 Å². The third-order valence-electron chi connectivity index (χ3n) is 2.71. The quantitative estimate of drug-likeness (QED) is 0.517. The summed E-state index contributed by atoms with van der Waals surface area (Å²) in [6.45, 7) is -0.320. The molecule has 6 heteroatoms. The molecule has 0 saturated heterocycles. The first kappa shape index (κ1) is 14.4. The Labute approximate surface area is 120 Å². The van der Waals surface area contributed by atoms with Gasteiger partial charge in [-0.2, -0.15) is 0 Å². The molecule has 0 aliphatic carbocycles. The van der Waals surface area contributed by atoms with Crippen LogP contribution in [0.1, 0.15) is 5.56 Å². The lowest BCUT2D eigenvalue weighted by molar-refractivity contribution is -0.385. The molecule has 0 bridgehead atoms. The van der Waals surface area contributed by atoms with Crippen LogP contribution in [0.5, 0.6) is 11.5 Å². The normalized spacial score (nSPS) is 10.3. The second-order valence-corrected chi connectivity index (χ2v) is 4.86. The van der Waals surface area contributed by atoms with Gasteiger partial charge in [-0.1, -0.05) is 0 Å². The Bertz CT molecular complexity index is 613. The number of thioether (sulfide) groups is 1. The van der Waals surface area contributed by atoms with Gasteiger partial charge in [-0.3, -0.25) is 10.1 Å². The van der Waals surface area contributed by atoms with Crippen LogP contribution in [0, 0.1) is 10.1 Å². The number of aliphatic hydroxyl groups is 1. The Hall–Kier alpha value is -2.05. The topological polar surface area (TPSA) is 72.6 Å². The lowest BCUT2D eigenvalue weighted by atomic mass is 10.2. The summed E-state index contributed by atoms with van der Waals surface area (Å²) >= 11 is 1.63. The second-order valence-electron chi connectivity index (χ2n) is 3.98. The standard InChI is InChI=1S/C14H13NO4S/c1-20-13-5-3-12(4-6-13)19-14-7-2-11(15(17)18)8-10(14)9-16/h2-8,16H,9H2,1H3. The molecular weight excluding hydrogens is 278 g/mol. The summed E-state index contributed by atoms with van der Waals surface area (Å²) in [5.41, 5.74) is 0.312. The Morgan fingerprint density at radius 3 is 2.50 bits per heavy atom. The van der Waals surface area contributed by atoms with Crippen LogP contribution in [-0.2, 0) is 6.61 Å². The summed E-state index contributed by atoms with van der Waals surface area (Å²) in [7, 11) is 0. The van der Waals surface area contributed by atoms with Crippen LogP contribution < -0.4 is 4.74 Å². The Balaban J connectivity index is 2.25. The summed E-state index contributed by atoms with van der Waals surface area (Å²) in [4.78, 5) is 11.3. The first-order valence-electron chi connectivity index (χ1n) is 5.84. The molecule has 0 saturated carbocycles. The molecule has 0 atom stereocenters. The monoisotopic (exact) mass is 291 g/mol. The number of nitrogens with zero attached hydrogens (tertiary/aromatic N) is 1. The molecule has 1 N–H and O–H groups in total. The van der Waals surface area contributed by atoms with E-state index in [1.54, 1.807) is 11.8 Å². The van der Waals surface area contributed by atoms with Gasteiger partial charge in [0.05, 0.1) is 11.5 Å². The van der Waals surface area contributed by atoms with Gasteiger partial charge in [0.1, 0.15) is 11.5 Å². The predicted octanol–water partition coefficient (Wildman–Crippen LogP) is 3.60. The number of non-ortho nitro benzene ring substituents is 1. The molecule has 0 aliphatic heterocycles. The largest absolute Gasteiger partial charge is 0.457 e. The molecular formula is C14H13NO4S. The number of nitro benzene ring substituents is 1. The van der Waals surface area contributed by atoms with Crippen LogP contribution in [0.15, 0.2) is 47.4 Å². The maximum Gasteiger partial charge on any atom is 0.270 e. The Morgan fingerprint density at radius 1 is 1.25 bits per heavy atom. The van der Waals surface area contributed by atoms with Crippen molar-refractivity contribution < 1.29 is 14.8 Å². The molecule has 0 fully saturated rings. The zero-order chi connectivity index (χ0) is 14.5. The molecule has 0 spiro atoms. The lowest BCUT2D eigenvalue weighted by Crippen LogP contribution is -1.95. The van der Waals surface area contributed by atoms with E-state index in [1.165, 1.54) is 18.2 Å². The summed E-state index contributed by atoms with van der Waals surface area (Å²) in [6.07, 6.45) is 1.98. The molecule has 0 amide bonds. The molecule has 0 aromatic heterocycles. The molecule has 0 heterocycles. The van der Waals surface area contributed by atoms with E-state index in [0.717, 1.165) is 4.90 Å². The highest BCUT2D eigenvalue weighted by molar-refractivity contribution is 7.98.